The number of ether oxygens (including phenoxy) is 2. The lowest BCUT2D eigenvalue weighted by Crippen LogP contribution is -2.38. The number of rotatable bonds is 6. The second-order valence-corrected chi connectivity index (χ2v) is 4.05. The van der Waals surface area contributed by atoms with Crippen molar-refractivity contribution in [3.63, 3.8) is 0 Å². The predicted molar refractivity (Wildman–Crippen MR) is 66.4 cm³/mol. The summed E-state index contributed by atoms with van der Waals surface area (Å²) < 4.78 is 10.2. The minimum Gasteiger partial charge on any atom is -0.482 e. The first-order valence-electron chi connectivity index (χ1n) is 5.29. The summed E-state index contributed by atoms with van der Waals surface area (Å²) in [5, 5.41) is 3.23. The molecule has 1 aromatic rings. The summed E-state index contributed by atoms with van der Waals surface area (Å²) in [5.74, 6) is 0.304. The highest BCUT2D eigenvalue weighted by Crippen LogP contribution is 2.22. The van der Waals surface area contributed by atoms with Gasteiger partial charge in [-0.2, -0.15) is 0 Å². The van der Waals surface area contributed by atoms with Crippen LogP contribution in [0.4, 0.5) is 0 Å². The normalized spacial score (nSPS) is 11.9. The molecule has 0 heterocycles. The van der Waals surface area contributed by atoms with E-state index < -0.39 is 0 Å². The van der Waals surface area contributed by atoms with E-state index in [1.807, 2.05) is 6.92 Å². The smallest absolute Gasteiger partial charge is 0.258 e. The van der Waals surface area contributed by atoms with Crippen LogP contribution >= 0.6 is 11.6 Å². The summed E-state index contributed by atoms with van der Waals surface area (Å²) in [6, 6.07) is 6.99. The van der Waals surface area contributed by atoms with Crippen LogP contribution in [0.25, 0.3) is 0 Å². The van der Waals surface area contributed by atoms with E-state index in [0.29, 0.717) is 17.4 Å². The predicted octanol–water partition coefficient (Wildman–Crippen LogP) is 1.87. The molecule has 1 amide bonds. The van der Waals surface area contributed by atoms with Crippen LogP contribution in [0.15, 0.2) is 24.3 Å². The molecule has 0 aromatic heterocycles. The number of halogens is 1. The summed E-state index contributed by atoms with van der Waals surface area (Å²) in [7, 11) is 1.59. The molecule has 4 nitrogen and oxygen atoms in total. The van der Waals surface area contributed by atoms with Crippen molar-refractivity contribution >= 4 is 17.5 Å². The Morgan fingerprint density at radius 1 is 1.47 bits per heavy atom. The molecule has 1 rings (SSSR count). The Kier molecular flexibility index (Phi) is 5.80. The van der Waals surface area contributed by atoms with E-state index in [4.69, 9.17) is 21.1 Å². The molecule has 1 N–H and O–H groups in total. The first kappa shape index (κ1) is 13.8. The summed E-state index contributed by atoms with van der Waals surface area (Å²) in [4.78, 5) is 11.5. The maximum absolute atomic E-state index is 11.5. The van der Waals surface area contributed by atoms with E-state index in [-0.39, 0.29) is 18.6 Å². The molecular formula is C12H16ClNO3. The van der Waals surface area contributed by atoms with Crippen molar-refractivity contribution < 1.29 is 14.3 Å². The Balaban J connectivity index is 2.36. The molecule has 94 valence electrons. The Bertz CT molecular complexity index is 371. The maximum atomic E-state index is 11.5. The van der Waals surface area contributed by atoms with Gasteiger partial charge in [-0.05, 0) is 19.1 Å². The number of hydrogen-bond acceptors (Lipinski definition) is 3. The summed E-state index contributed by atoms with van der Waals surface area (Å²) in [5.41, 5.74) is 0. The van der Waals surface area contributed by atoms with E-state index in [2.05, 4.69) is 5.32 Å². The van der Waals surface area contributed by atoms with Gasteiger partial charge in [0.1, 0.15) is 5.75 Å². The van der Waals surface area contributed by atoms with E-state index in [1.54, 1.807) is 31.4 Å². The standard InChI is InChI=1S/C12H16ClNO3/c1-9(7-16-2)14-12(15)8-17-11-6-4-3-5-10(11)13/h3-6,9H,7-8H2,1-2H3,(H,14,15). The Morgan fingerprint density at radius 2 is 2.18 bits per heavy atom. The van der Waals surface area contributed by atoms with Crippen LogP contribution in [0, 0.1) is 0 Å². The zero-order chi connectivity index (χ0) is 12.7. The number of methoxy groups -OCH3 is 1. The highest BCUT2D eigenvalue weighted by molar-refractivity contribution is 6.32. The van der Waals surface area contributed by atoms with E-state index >= 15 is 0 Å². The van der Waals surface area contributed by atoms with Crippen LogP contribution in [-0.4, -0.2) is 32.3 Å². The number of nitrogens with one attached hydrogen (secondary N) is 1. The van der Waals surface area contributed by atoms with Crippen LogP contribution in [-0.2, 0) is 9.53 Å². The third kappa shape index (κ3) is 5.06. The number of hydrogen-bond donors (Lipinski definition) is 1. The molecule has 1 atom stereocenters. The van der Waals surface area contributed by atoms with Gasteiger partial charge in [-0.15, -0.1) is 0 Å². The largest absolute Gasteiger partial charge is 0.482 e. The van der Waals surface area contributed by atoms with Crippen molar-refractivity contribution in [3.05, 3.63) is 29.3 Å². The molecule has 0 spiro atoms. The van der Waals surface area contributed by atoms with Gasteiger partial charge in [0.2, 0.25) is 0 Å². The molecule has 1 unspecified atom stereocenters. The van der Waals surface area contributed by atoms with Gasteiger partial charge < -0.3 is 14.8 Å². The number of carbonyl (C=O) groups excluding carboxylic acids is 1. The molecule has 0 bridgehead atoms. The lowest BCUT2D eigenvalue weighted by molar-refractivity contribution is -0.124. The number of para-hydroxylation sites is 1. The van der Waals surface area contributed by atoms with Gasteiger partial charge in [0.05, 0.1) is 11.6 Å². The molecule has 5 heteroatoms. The monoisotopic (exact) mass is 257 g/mol. The van der Waals surface area contributed by atoms with Crippen molar-refractivity contribution in [2.75, 3.05) is 20.3 Å². The lowest BCUT2D eigenvalue weighted by Gasteiger charge is -2.13. The van der Waals surface area contributed by atoms with Crippen LogP contribution in [0.1, 0.15) is 6.92 Å². The maximum Gasteiger partial charge on any atom is 0.258 e. The highest BCUT2D eigenvalue weighted by atomic mass is 35.5. The lowest BCUT2D eigenvalue weighted by atomic mass is 10.3. The molecule has 1 aromatic carbocycles. The molecule has 0 aliphatic carbocycles. The van der Waals surface area contributed by atoms with Crippen LogP contribution < -0.4 is 10.1 Å². The number of carbonyl (C=O) groups is 1. The van der Waals surface area contributed by atoms with Crippen molar-refractivity contribution in [2.24, 2.45) is 0 Å². The minimum atomic E-state index is -0.200. The molecule has 0 radical (unpaired) electrons. The second kappa shape index (κ2) is 7.14. The van der Waals surface area contributed by atoms with Crippen LogP contribution in [0.5, 0.6) is 5.75 Å². The number of amides is 1. The van der Waals surface area contributed by atoms with Crippen molar-refractivity contribution in [1.29, 1.82) is 0 Å². The minimum absolute atomic E-state index is 0.0395. The summed E-state index contributed by atoms with van der Waals surface area (Å²) in [6.45, 7) is 2.27. The molecule has 0 saturated heterocycles. The van der Waals surface area contributed by atoms with Crippen molar-refractivity contribution in [2.45, 2.75) is 13.0 Å². The molecule has 0 aliphatic rings. The Morgan fingerprint density at radius 3 is 2.82 bits per heavy atom. The molecule has 17 heavy (non-hydrogen) atoms. The summed E-state index contributed by atoms with van der Waals surface area (Å²) in [6.07, 6.45) is 0. The zero-order valence-corrected chi connectivity index (χ0v) is 10.7. The third-order valence-electron chi connectivity index (χ3n) is 2.02. The zero-order valence-electron chi connectivity index (χ0n) is 9.90. The van der Waals surface area contributed by atoms with Gasteiger partial charge in [-0.3, -0.25) is 4.79 Å². The quantitative estimate of drug-likeness (QED) is 0.846. The van der Waals surface area contributed by atoms with Gasteiger partial charge in [-0.1, -0.05) is 23.7 Å². The third-order valence-corrected chi connectivity index (χ3v) is 2.33. The second-order valence-electron chi connectivity index (χ2n) is 3.64. The highest BCUT2D eigenvalue weighted by Gasteiger charge is 2.08. The fourth-order valence-corrected chi connectivity index (χ4v) is 1.50. The SMILES string of the molecule is COCC(C)NC(=O)COc1ccccc1Cl. The Labute approximate surface area is 106 Å². The average Bonchev–Trinajstić information content (AvgIpc) is 2.28. The first-order valence-corrected chi connectivity index (χ1v) is 5.67. The van der Waals surface area contributed by atoms with Gasteiger partial charge in [0, 0.05) is 13.2 Å². The van der Waals surface area contributed by atoms with Gasteiger partial charge in [0.25, 0.3) is 5.91 Å². The van der Waals surface area contributed by atoms with Crippen molar-refractivity contribution in [1.82, 2.24) is 5.32 Å². The molecule has 0 aliphatic heterocycles. The van der Waals surface area contributed by atoms with E-state index in [9.17, 15) is 4.79 Å². The van der Waals surface area contributed by atoms with Gasteiger partial charge >= 0.3 is 0 Å². The van der Waals surface area contributed by atoms with Gasteiger partial charge in [-0.25, -0.2) is 0 Å². The fourth-order valence-electron chi connectivity index (χ4n) is 1.31. The van der Waals surface area contributed by atoms with E-state index in [0.717, 1.165) is 0 Å². The first-order chi connectivity index (χ1) is 8.13. The number of benzene rings is 1. The summed E-state index contributed by atoms with van der Waals surface area (Å²) >= 11 is 5.89. The average molecular weight is 258 g/mol. The topological polar surface area (TPSA) is 47.6 Å². The fraction of sp³-hybridized carbons (Fsp3) is 0.417. The Hall–Kier alpha value is -1.26. The molecule has 0 saturated carbocycles. The van der Waals surface area contributed by atoms with Crippen molar-refractivity contribution in [3.8, 4) is 5.75 Å². The van der Waals surface area contributed by atoms with Crippen LogP contribution in [0.2, 0.25) is 5.02 Å². The van der Waals surface area contributed by atoms with Gasteiger partial charge in [0.15, 0.2) is 6.61 Å². The molecule has 0 fully saturated rings. The van der Waals surface area contributed by atoms with Crippen LogP contribution in [0.3, 0.4) is 0 Å². The van der Waals surface area contributed by atoms with E-state index in [1.165, 1.54) is 0 Å². The molecular weight excluding hydrogens is 242 g/mol.